The zero-order valence-electron chi connectivity index (χ0n) is 11.4. The molecule has 0 spiro atoms. The van der Waals surface area contributed by atoms with Crippen LogP contribution in [0.2, 0.25) is 0 Å². The smallest absolute Gasteiger partial charge is 0.211 e. The van der Waals surface area contributed by atoms with Crippen molar-refractivity contribution in [2.45, 2.75) is 32.7 Å². The van der Waals surface area contributed by atoms with Crippen molar-refractivity contribution < 1.29 is 8.42 Å². The number of pyridine rings is 1. The topological polar surface area (TPSA) is 71.1 Å². The van der Waals surface area contributed by atoms with Crippen LogP contribution in [0.5, 0.6) is 0 Å². The van der Waals surface area contributed by atoms with Gasteiger partial charge in [0.05, 0.1) is 5.75 Å². The minimum atomic E-state index is -3.17. The van der Waals surface area contributed by atoms with Crippen LogP contribution in [0, 0.1) is 0 Å². The van der Waals surface area contributed by atoms with Crippen LogP contribution in [-0.2, 0) is 16.6 Å². The Morgan fingerprint density at radius 3 is 2.58 bits per heavy atom. The van der Waals surface area contributed by atoms with Crippen LogP contribution in [0.3, 0.4) is 0 Å². The highest BCUT2D eigenvalue weighted by molar-refractivity contribution is 7.89. The van der Waals surface area contributed by atoms with Gasteiger partial charge in [0, 0.05) is 18.9 Å². The molecule has 0 bridgehead atoms. The highest BCUT2D eigenvalue weighted by Gasteiger charge is 2.09. The molecule has 0 aliphatic carbocycles. The van der Waals surface area contributed by atoms with Crippen LogP contribution in [0.25, 0.3) is 0 Å². The Hall–Kier alpha value is -0.980. The summed E-state index contributed by atoms with van der Waals surface area (Å²) in [5.41, 5.74) is 0.920. The molecule has 0 atom stereocenters. The monoisotopic (exact) mass is 285 g/mol. The van der Waals surface area contributed by atoms with Gasteiger partial charge < -0.3 is 5.32 Å². The number of hydrogen-bond acceptors (Lipinski definition) is 4. The molecule has 108 valence electrons. The van der Waals surface area contributed by atoms with Crippen molar-refractivity contribution in [3.8, 4) is 0 Å². The summed E-state index contributed by atoms with van der Waals surface area (Å²) in [6, 6.07) is 3.61. The maximum absolute atomic E-state index is 11.7. The van der Waals surface area contributed by atoms with Crippen LogP contribution in [0.1, 0.15) is 31.7 Å². The molecule has 0 radical (unpaired) electrons. The first-order valence-corrected chi connectivity index (χ1v) is 8.36. The third kappa shape index (κ3) is 7.92. The third-order valence-corrected chi connectivity index (χ3v) is 4.10. The molecule has 0 fully saturated rings. The Kier molecular flexibility index (Phi) is 7.62. The van der Waals surface area contributed by atoms with E-state index in [0.717, 1.165) is 31.5 Å². The molecule has 1 aromatic rings. The highest BCUT2D eigenvalue weighted by atomic mass is 32.2. The van der Waals surface area contributed by atoms with E-state index in [-0.39, 0.29) is 5.75 Å². The minimum Gasteiger partial charge on any atom is -0.317 e. The first kappa shape index (κ1) is 16.1. The summed E-state index contributed by atoms with van der Waals surface area (Å²) in [6.45, 7) is 4.32. The lowest BCUT2D eigenvalue weighted by atomic mass is 10.3. The molecular formula is C13H23N3O2S. The van der Waals surface area contributed by atoms with Crippen molar-refractivity contribution in [1.29, 1.82) is 0 Å². The lowest BCUT2D eigenvalue weighted by Gasteiger charge is -2.07. The number of sulfonamides is 1. The van der Waals surface area contributed by atoms with Crippen LogP contribution in [-0.4, -0.2) is 32.2 Å². The Balaban J connectivity index is 2.17. The Labute approximate surface area is 115 Å². The first-order chi connectivity index (χ1) is 9.14. The zero-order valence-corrected chi connectivity index (χ0v) is 12.2. The highest BCUT2D eigenvalue weighted by Crippen LogP contribution is 1.99. The van der Waals surface area contributed by atoms with Gasteiger partial charge in [-0.1, -0.05) is 6.92 Å². The van der Waals surface area contributed by atoms with Gasteiger partial charge in [-0.2, -0.15) is 0 Å². The van der Waals surface area contributed by atoms with Crippen molar-refractivity contribution in [2.24, 2.45) is 0 Å². The van der Waals surface area contributed by atoms with Crippen molar-refractivity contribution >= 4 is 10.0 Å². The Bertz CT molecular complexity index is 434. The van der Waals surface area contributed by atoms with E-state index in [4.69, 9.17) is 0 Å². The number of aromatic nitrogens is 1. The zero-order chi connectivity index (χ0) is 14.0. The molecule has 0 aliphatic heterocycles. The maximum Gasteiger partial charge on any atom is 0.211 e. The van der Waals surface area contributed by atoms with Gasteiger partial charge in [-0.05, 0) is 50.0 Å². The van der Waals surface area contributed by atoms with Crippen LogP contribution < -0.4 is 10.0 Å². The Morgan fingerprint density at radius 1 is 1.16 bits per heavy atom. The molecule has 1 heterocycles. The van der Waals surface area contributed by atoms with Crippen molar-refractivity contribution in [1.82, 2.24) is 15.0 Å². The second kappa shape index (κ2) is 9.01. The standard InChI is InChI=1S/C13H23N3O2S/c1-2-7-14-8-3-4-11-19(17,18)16-12-13-5-9-15-10-6-13/h5-6,9-10,14,16H,2-4,7-8,11-12H2,1H3. The van der Waals surface area contributed by atoms with Crippen LogP contribution in [0.15, 0.2) is 24.5 Å². The SMILES string of the molecule is CCCNCCCCS(=O)(=O)NCc1ccncc1. The second-order valence-corrected chi connectivity index (χ2v) is 6.38. The molecule has 0 saturated heterocycles. The number of nitrogens with zero attached hydrogens (tertiary/aromatic N) is 1. The van der Waals surface area contributed by atoms with E-state index in [1.165, 1.54) is 0 Å². The Morgan fingerprint density at radius 2 is 1.89 bits per heavy atom. The minimum absolute atomic E-state index is 0.186. The molecule has 0 aliphatic rings. The van der Waals surface area contributed by atoms with E-state index in [1.54, 1.807) is 24.5 Å². The summed E-state index contributed by atoms with van der Waals surface area (Å²) in [4.78, 5) is 3.89. The summed E-state index contributed by atoms with van der Waals surface area (Å²) in [7, 11) is -3.17. The molecule has 19 heavy (non-hydrogen) atoms. The molecule has 0 aromatic carbocycles. The van der Waals surface area contributed by atoms with E-state index < -0.39 is 10.0 Å². The molecule has 2 N–H and O–H groups in total. The lowest BCUT2D eigenvalue weighted by Crippen LogP contribution is -2.26. The average Bonchev–Trinajstić information content (AvgIpc) is 2.42. The van der Waals surface area contributed by atoms with Gasteiger partial charge in [0.1, 0.15) is 0 Å². The number of rotatable bonds is 10. The van der Waals surface area contributed by atoms with E-state index in [1.807, 2.05) is 0 Å². The van der Waals surface area contributed by atoms with E-state index in [9.17, 15) is 8.42 Å². The van der Waals surface area contributed by atoms with Gasteiger partial charge >= 0.3 is 0 Å². The second-order valence-electron chi connectivity index (χ2n) is 4.45. The molecule has 1 rings (SSSR count). The fourth-order valence-electron chi connectivity index (χ4n) is 1.61. The third-order valence-electron chi connectivity index (χ3n) is 2.69. The van der Waals surface area contributed by atoms with Gasteiger partial charge in [-0.25, -0.2) is 13.1 Å². The quantitative estimate of drug-likeness (QED) is 0.635. The van der Waals surface area contributed by atoms with Crippen LogP contribution >= 0.6 is 0 Å². The summed E-state index contributed by atoms with van der Waals surface area (Å²) in [6.07, 6.45) is 5.98. The summed E-state index contributed by atoms with van der Waals surface area (Å²) < 4.78 is 26.1. The largest absolute Gasteiger partial charge is 0.317 e. The fraction of sp³-hybridized carbons (Fsp3) is 0.615. The number of hydrogen-bond donors (Lipinski definition) is 2. The number of unbranched alkanes of at least 4 members (excludes halogenated alkanes) is 1. The summed E-state index contributed by atoms with van der Waals surface area (Å²) in [5.74, 6) is 0.186. The van der Waals surface area contributed by atoms with Crippen molar-refractivity contribution in [3.63, 3.8) is 0 Å². The van der Waals surface area contributed by atoms with Gasteiger partial charge in [-0.15, -0.1) is 0 Å². The van der Waals surface area contributed by atoms with E-state index in [2.05, 4.69) is 21.9 Å². The lowest BCUT2D eigenvalue weighted by molar-refractivity contribution is 0.572. The molecule has 0 amide bonds. The first-order valence-electron chi connectivity index (χ1n) is 6.71. The molecular weight excluding hydrogens is 262 g/mol. The average molecular weight is 285 g/mol. The van der Waals surface area contributed by atoms with Crippen LogP contribution in [0.4, 0.5) is 0 Å². The maximum atomic E-state index is 11.7. The molecule has 6 heteroatoms. The van der Waals surface area contributed by atoms with E-state index in [0.29, 0.717) is 13.0 Å². The summed E-state index contributed by atoms with van der Waals surface area (Å²) in [5, 5.41) is 3.26. The van der Waals surface area contributed by atoms with Gasteiger partial charge in [0.2, 0.25) is 10.0 Å². The predicted molar refractivity (Wildman–Crippen MR) is 77.3 cm³/mol. The fourth-order valence-corrected chi connectivity index (χ4v) is 2.73. The van der Waals surface area contributed by atoms with Gasteiger partial charge in [-0.3, -0.25) is 4.98 Å². The van der Waals surface area contributed by atoms with Gasteiger partial charge in [0.15, 0.2) is 0 Å². The predicted octanol–water partition coefficient (Wildman–Crippen LogP) is 1.28. The molecule has 0 unspecified atom stereocenters. The van der Waals surface area contributed by atoms with Gasteiger partial charge in [0.25, 0.3) is 0 Å². The number of nitrogens with one attached hydrogen (secondary N) is 2. The van der Waals surface area contributed by atoms with Crippen molar-refractivity contribution in [3.05, 3.63) is 30.1 Å². The van der Waals surface area contributed by atoms with Crippen molar-refractivity contribution in [2.75, 3.05) is 18.8 Å². The van der Waals surface area contributed by atoms with E-state index >= 15 is 0 Å². The molecule has 5 nitrogen and oxygen atoms in total. The normalized spacial score (nSPS) is 11.6. The summed E-state index contributed by atoms with van der Waals surface area (Å²) >= 11 is 0. The molecule has 1 aromatic heterocycles. The molecule has 0 saturated carbocycles.